The van der Waals surface area contributed by atoms with Crippen LogP contribution in [0.3, 0.4) is 0 Å². The van der Waals surface area contributed by atoms with Gasteiger partial charge in [0.25, 0.3) is 0 Å². The highest BCUT2D eigenvalue weighted by Gasteiger charge is 2.35. The summed E-state index contributed by atoms with van der Waals surface area (Å²) in [6.45, 7) is 7.04. The molecule has 260 valence electrons. The number of nitrogens with zero attached hydrogens (tertiary/aromatic N) is 2. The number of fused-ring (bicyclic) bond motifs is 9. The van der Waals surface area contributed by atoms with Gasteiger partial charge in [0.1, 0.15) is 0 Å². The van der Waals surface area contributed by atoms with Crippen molar-refractivity contribution >= 4 is 43.9 Å². The van der Waals surface area contributed by atoms with Gasteiger partial charge in [-0.25, -0.2) is 4.99 Å². The molecule has 8 aromatic carbocycles. The smallest absolute Gasteiger partial charge is 0.155 e. The highest BCUT2D eigenvalue weighted by atomic mass is 15.0. The van der Waals surface area contributed by atoms with Crippen molar-refractivity contribution in [3.8, 4) is 22.3 Å². The minimum atomic E-state index is -0.0434. The second-order valence-corrected chi connectivity index (χ2v) is 15.7. The molecule has 10 rings (SSSR count). The number of aliphatic imine (C=N–C) groups is 2. The van der Waals surface area contributed by atoms with E-state index in [1.54, 1.807) is 0 Å². The predicted molar refractivity (Wildman–Crippen MR) is 229 cm³/mol. The summed E-state index contributed by atoms with van der Waals surface area (Å²) < 4.78 is 0. The second kappa shape index (κ2) is 12.8. The first-order chi connectivity index (χ1) is 26.4. The first kappa shape index (κ1) is 32.5. The molecule has 0 aromatic heterocycles. The quantitative estimate of drug-likeness (QED) is 0.164. The van der Waals surface area contributed by atoms with Crippen LogP contribution in [-0.4, -0.2) is 11.5 Å². The SMILES string of the molecule is CC1CCC(c2ccccc2)=NC(c2cccc(-c3ccc4c(c3)-c3ccccc3C4(C)C)c2)=NC1c1ccc2c3ccccc3c3ccccc3c2c1. The van der Waals surface area contributed by atoms with Crippen LogP contribution in [0.2, 0.25) is 0 Å². The fourth-order valence-electron chi connectivity index (χ4n) is 9.22. The largest absolute Gasteiger partial charge is 0.258 e. The van der Waals surface area contributed by atoms with Gasteiger partial charge < -0.3 is 0 Å². The van der Waals surface area contributed by atoms with Gasteiger partial charge in [0.15, 0.2) is 5.84 Å². The van der Waals surface area contributed by atoms with Crippen LogP contribution in [0, 0.1) is 5.92 Å². The molecule has 2 heteroatoms. The van der Waals surface area contributed by atoms with E-state index in [-0.39, 0.29) is 11.5 Å². The fourth-order valence-corrected chi connectivity index (χ4v) is 9.22. The molecule has 0 radical (unpaired) electrons. The van der Waals surface area contributed by atoms with Gasteiger partial charge in [0.05, 0.1) is 11.8 Å². The molecule has 0 saturated carbocycles. The molecule has 1 heterocycles. The molecule has 2 nitrogen and oxygen atoms in total. The van der Waals surface area contributed by atoms with E-state index in [1.165, 1.54) is 71.3 Å². The average Bonchev–Trinajstić information content (AvgIpc) is 3.45. The molecule has 0 fully saturated rings. The van der Waals surface area contributed by atoms with Crippen LogP contribution in [-0.2, 0) is 5.41 Å². The Kier molecular flexibility index (Phi) is 7.70. The lowest BCUT2D eigenvalue weighted by Crippen LogP contribution is -2.18. The van der Waals surface area contributed by atoms with Crippen LogP contribution in [0.25, 0.3) is 54.6 Å². The third-order valence-electron chi connectivity index (χ3n) is 12.1. The van der Waals surface area contributed by atoms with Crippen molar-refractivity contribution in [2.75, 3.05) is 0 Å². The molecule has 8 aromatic rings. The van der Waals surface area contributed by atoms with Gasteiger partial charge in [-0.2, -0.15) is 0 Å². The van der Waals surface area contributed by atoms with E-state index in [4.69, 9.17) is 9.98 Å². The molecule has 54 heavy (non-hydrogen) atoms. The second-order valence-electron chi connectivity index (χ2n) is 15.7. The highest BCUT2D eigenvalue weighted by molar-refractivity contribution is 6.25. The molecular weight excluding hydrogens is 653 g/mol. The Hall–Kier alpha value is -6.12. The van der Waals surface area contributed by atoms with E-state index in [1.807, 2.05) is 0 Å². The van der Waals surface area contributed by atoms with E-state index in [0.29, 0.717) is 5.92 Å². The van der Waals surface area contributed by atoms with Crippen molar-refractivity contribution < 1.29 is 0 Å². The van der Waals surface area contributed by atoms with Crippen LogP contribution >= 0.6 is 0 Å². The Morgan fingerprint density at radius 3 is 1.83 bits per heavy atom. The summed E-state index contributed by atoms with van der Waals surface area (Å²) in [7, 11) is 0. The van der Waals surface area contributed by atoms with Crippen LogP contribution < -0.4 is 0 Å². The van der Waals surface area contributed by atoms with Gasteiger partial charge in [-0.05, 0) is 114 Å². The molecule has 0 spiro atoms. The summed E-state index contributed by atoms with van der Waals surface area (Å²) >= 11 is 0. The van der Waals surface area contributed by atoms with Gasteiger partial charge in [-0.3, -0.25) is 4.99 Å². The Morgan fingerprint density at radius 2 is 1.07 bits per heavy atom. The van der Waals surface area contributed by atoms with E-state index < -0.39 is 0 Å². The van der Waals surface area contributed by atoms with Crippen molar-refractivity contribution in [1.29, 1.82) is 0 Å². The summed E-state index contributed by atoms with van der Waals surface area (Å²) in [6, 6.07) is 60.0. The van der Waals surface area contributed by atoms with Crippen LogP contribution in [0.5, 0.6) is 0 Å². The van der Waals surface area contributed by atoms with E-state index in [0.717, 1.165) is 35.5 Å². The van der Waals surface area contributed by atoms with E-state index in [2.05, 4.69) is 185 Å². The van der Waals surface area contributed by atoms with Crippen molar-refractivity contribution in [3.63, 3.8) is 0 Å². The zero-order valence-electron chi connectivity index (χ0n) is 31.1. The number of benzene rings is 8. The lowest BCUT2D eigenvalue weighted by Gasteiger charge is -2.25. The normalized spacial score (nSPS) is 17.8. The lowest BCUT2D eigenvalue weighted by atomic mass is 9.82. The molecule has 0 amide bonds. The molecule has 1 aliphatic carbocycles. The molecule has 0 N–H and O–H groups in total. The summed E-state index contributed by atoms with van der Waals surface area (Å²) in [5, 5.41) is 7.73. The summed E-state index contributed by atoms with van der Waals surface area (Å²) in [4.78, 5) is 11.1. The molecule has 0 bridgehead atoms. The van der Waals surface area contributed by atoms with Crippen LogP contribution in [0.15, 0.2) is 174 Å². The molecule has 2 aliphatic rings. The molecular formula is C52H42N2. The van der Waals surface area contributed by atoms with Gasteiger partial charge >= 0.3 is 0 Å². The Balaban J connectivity index is 1.13. The maximum Gasteiger partial charge on any atom is 0.155 e. The Morgan fingerprint density at radius 1 is 0.481 bits per heavy atom. The molecule has 1 aliphatic heterocycles. The third kappa shape index (κ3) is 5.31. The molecule has 0 saturated heterocycles. The highest BCUT2D eigenvalue weighted by Crippen LogP contribution is 2.49. The maximum atomic E-state index is 5.65. The zero-order chi connectivity index (χ0) is 36.4. The number of amidine groups is 1. The standard InChI is InChI=1S/C52H42N2/c1-33-24-29-49(34-14-5-4-6-15-34)53-51(38-17-13-16-35(30-38)36-26-28-48-46(31-36)44-22-11-12-23-47(44)52(48,2)3)54-50(33)37-25-27-43-41-20-8-7-18-39(41)40-19-9-10-21-42(40)45(43)32-37/h4-23,25-28,30-33,50H,24,29H2,1-3H3. The van der Waals surface area contributed by atoms with E-state index >= 15 is 0 Å². The summed E-state index contributed by atoms with van der Waals surface area (Å²) in [6.07, 6.45) is 1.89. The van der Waals surface area contributed by atoms with Gasteiger partial charge in [-0.1, -0.05) is 166 Å². The van der Waals surface area contributed by atoms with Crippen LogP contribution in [0.4, 0.5) is 0 Å². The zero-order valence-corrected chi connectivity index (χ0v) is 31.1. The van der Waals surface area contributed by atoms with Crippen molar-refractivity contribution in [2.45, 2.75) is 45.1 Å². The first-order valence-electron chi connectivity index (χ1n) is 19.3. The lowest BCUT2D eigenvalue weighted by molar-refractivity contribution is 0.446. The van der Waals surface area contributed by atoms with Gasteiger partial charge in [0, 0.05) is 11.0 Å². The summed E-state index contributed by atoms with van der Waals surface area (Å²) in [5.41, 5.74) is 12.4. The summed E-state index contributed by atoms with van der Waals surface area (Å²) in [5.74, 6) is 1.10. The topological polar surface area (TPSA) is 24.7 Å². The first-order valence-corrected chi connectivity index (χ1v) is 19.3. The monoisotopic (exact) mass is 694 g/mol. The predicted octanol–water partition coefficient (Wildman–Crippen LogP) is 13.5. The molecule has 2 atom stereocenters. The fraction of sp³-hybridized carbons (Fsp3) is 0.154. The number of hydrogen-bond donors (Lipinski definition) is 0. The maximum absolute atomic E-state index is 5.65. The van der Waals surface area contributed by atoms with Crippen molar-refractivity contribution in [3.05, 3.63) is 192 Å². The Bertz CT molecular complexity index is 2790. The molecule has 2 unspecified atom stereocenters. The minimum Gasteiger partial charge on any atom is -0.258 e. The van der Waals surface area contributed by atoms with Crippen LogP contribution in [0.1, 0.15) is 67.5 Å². The van der Waals surface area contributed by atoms with Crippen molar-refractivity contribution in [2.24, 2.45) is 15.9 Å². The number of hydrogen-bond acceptors (Lipinski definition) is 2. The average molecular weight is 695 g/mol. The van der Waals surface area contributed by atoms with Gasteiger partial charge in [0.2, 0.25) is 0 Å². The van der Waals surface area contributed by atoms with E-state index in [9.17, 15) is 0 Å². The number of rotatable bonds is 4. The Labute approximate surface area is 317 Å². The van der Waals surface area contributed by atoms with Crippen molar-refractivity contribution in [1.82, 2.24) is 0 Å². The third-order valence-corrected chi connectivity index (χ3v) is 12.1. The minimum absolute atomic E-state index is 0.0176. The van der Waals surface area contributed by atoms with Gasteiger partial charge in [-0.15, -0.1) is 0 Å².